The summed E-state index contributed by atoms with van der Waals surface area (Å²) in [7, 11) is 1.45. The van der Waals surface area contributed by atoms with Gasteiger partial charge in [-0.3, -0.25) is 0 Å². The number of rotatable bonds is 6. The zero-order valence-electron chi connectivity index (χ0n) is 20.1. The monoisotopic (exact) mass is 456 g/mol. The molecule has 2 aliphatic heterocycles. The highest BCUT2D eigenvalue weighted by molar-refractivity contribution is 5.67. The van der Waals surface area contributed by atoms with Crippen molar-refractivity contribution >= 4 is 18.7 Å². The molecule has 2 aromatic rings. The van der Waals surface area contributed by atoms with E-state index in [4.69, 9.17) is 9.26 Å². The van der Waals surface area contributed by atoms with Gasteiger partial charge in [-0.2, -0.15) is 14.8 Å². The Kier molecular flexibility index (Phi) is 7.47. The largest absolute Gasteiger partial charge is 0.453 e. The Bertz CT molecular complexity index is 1040. The van der Waals surface area contributed by atoms with Crippen LogP contribution in [0.4, 0.5) is 4.79 Å². The number of aryl methyl sites for hydroxylation is 1. The molecule has 4 rings (SSSR count). The van der Waals surface area contributed by atoms with Gasteiger partial charge in [0.05, 0.1) is 18.2 Å². The lowest BCUT2D eigenvalue weighted by atomic mass is 9.92. The maximum Gasteiger partial charge on any atom is 0.409 e. The number of likely N-dealkylation sites (tertiary alicyclic amines) is 2. The summed E-state index contributed by atoms with van der Waals surface area (Å²) >= 11 is 0. The topological polar surface area (TPSA) is 89.5 Å². The molecule has 0 atom stereocenters. The first-order valence-corrected chi connectivity index (χ1v) is 12.2. The second-order valence-corrected chi connectivity index (χ2v) is 9.10. The molecule has 0 aliphatic carbocycles. The first kappa shape index (κ1) is 23.5. The van der Waals surface area contributed by atoms with Gasteiger partial charge >= 0.3 is 6.09 Å². The first-order chi connectivity index (χ1) is 16.0. The number of nitrogens with zero attached hydrogens (tertiary/aromatic N) is 6. The first-order valence-electron chi connectivity index (χ1n) is 12.2. The standard InChI is InChI=1S/C24H36N6O3/c1-5-20-17(3)21(6-2)30(26-20)23-25-22(33-27-23)19-10-13-28(14-11-19)12-7-18-8-15-29(16-9-18)24(31)32-4/h6,18-19H,3,5,7-16H2,1-2,4H3. The van der Waals surface area contributed by atoms with E-state index in [1.807, 2.05) is 17.9 Å². The normalized spacial score (nSPS) is 19.4. The molecule has 0 spiro atoms. The molecule has 9 heteroatoms. The highest BCUT2D eigenvalue weighted by Gasteiger charge is 2.27. The maximum atomic E-state index is 11.6. The van der Waals surface area contributed by atoms with Crippen molar-refractivity contribution in [1.82, 2.24) is 29.7 Å². The molecule has 0 unspecified atom stereocenters. The lowest BCUT2D eigenvalue weighted by Crippen LogP contribution is -2.40. The van der Waals surface area contributed by atoms with Crippen molar-refractivity contribution in [3.63, 3.8) is 0 Å². The summed E-state index contributed by atoms with van der Waals surface area (Å²) in [6.07, 6.45) is 7.97. The molecule has 0 N–H and O–H groups in total. The Balaban J connectivity index is 1.27. The van der Waals surface area contributed by atoms with E-state index in [1.54, 1.807) is 4.68 Å². The van der Waals surface area contributed by atoms with E-state index in [1.165, 1.54) is 13.5 Å². The van der Waals surface area contributed by atoms with Gasteiger partial charge in [0.1, 0.15) is 0 Å². The van der Waals surface area contributed by atoms with Crippen molar-refractivity contribution < 1.29 is 14.1 Å². The third-order valence-corrected chi connectivity index (χ3v) is 7.17. The fraction of sp³-hybridized carbons (Fsp3) is 0.667. The third-order valence-electron chi connectivity index (χ3n) is 7.17. The van der Waals surface area contributed by atoms with Crippen LogP contribution in [0.2, 0.25) is 0 Å². The van der Waals surface area contributed by atoms with Crippen molar-refractivity contribution in [2.45, 2.75) is 58.3 Å². The number of aromatic nitrogens is 4. The van der Waals surface area contributed by atoms with Gasteiger partial charge in [-0.15, -0.1) is 0 Å². The van der Waals surface area contributed by atoms with Crippen LogP contribution in [0.5, 0.6) is 0 Å². The van der Waals surface area contributed by atoms with Crippen LogP contribution in [-0.2, 0) is 11.2 Å². The molecule has 0 bridgehead atoms. The van der Waals surface area contributed by atoms with Crippen LogP contribution in [0.3, 0.4) is 0 Å². The molecule has 2 saturated heterocycles. The van der Waals surface area contributed by atoms with Gasteiger partial charge in [0.15, 0.2) is 0 Å². The summed E-state index contributed by atoms with van der Waals surface area (Å²) < 4.78 is 12.2. The predicted molar refractivity (Wildman–Crippen MR) is 125 cm³/mol. The second-order valence-electron chi connectivity index (χ2n) is 9.10. The van der Waals surface area contributed by atoms with Crippen LogP contribution in [0.1, 0.15) is 63.5 Å². The molecule has 9 nitrogen and oxygen atoms in total. The van der Waals surface area contributed by atoms with E-state index in [0.29, 0.717) is 23.7 Å². The molecule has 2 aromatic heterocycles. The lowest BCUT2D eigenvalue weighted by molar-refractivity contribution is 0.101. The summed E-state index contributed by atoms with van der Waals surface area (Å²) in [6, 6.07) is 0. The van der Waals surface area contributed by atoms with Gasteiger partial charge in [-0.05, 0) is 76.2 Å². The number of methoxy groups -OCH3 is 1. The van der Waals surface area contributed by atoms with Crippen molar-refractivity contribution in [3.8, 4) is 5.95 Å². The lowest BCUT2D eigenvalue weighted by Gasteiger charge is -2.34. The van der Waals surface area contributed by atoms with E-state index >= 15 is 0 Å². The Morgan fingerprint density at radius 3 is 2.58 bits per heavy atom. The molecule has 180 valence electrons. The minimum atomic E-state index is -0.200. The number of ether oxygens (including phenoxy) is 1. The summed E-state index contributed by atoms with van der Waals surface area (Å²) in [6.45, 7) is 13.0. The van der Waals surface area contributed by atoms with Crippen molar-refractivity contribution in [1.29, 1.82) is 0 Å². The second kappa shape index (κ2) is 10.5. The molecule has 33 heavy (non-hydrogen) atoms. The molecule has 1 amide bonds. The highest BCUT2D eigenvalue weighted by atomic mass is 16.5. The Morgan fingerprint density at radius 1 is 1.21 bits per heavy atom. The van der Waals surface area contributed by atoms with Crippen LogP contribution in [0.15, 0.2) is 4.52 Å². The smallest absolute Gasteiger partial charge is 0.409 e. The Labute approximate surface area is 195 Å². The van der Waals surface area contributed by atoms with Gasteiger partial charge in [-0.1, -0.05) is 19.6 Å². The van der Waals surface area contributed by atoms with E-state index in [-0.39, 0.29) is 6.09 Å². The number of hydrogen-bond donors (Lipinski definition) is 0. The molecular formula is C24H36N6O3. The van der Waals surface area contributed by atoms with E-state index in [9.17, 15) is 4.79 Å². The minimum Gasteiger partial charge on any atom is -0.453 e. The van der Waals surface area contributed by atoms with Gasteiger partial charge in [0.2, 0.25) is 5.89 Å². The molecule has 0 saturated carbocycles. The van der Waals surface area contributed by atoms with E-state index < -0.39 is 0 Å². The van der Waals surface area contributed by atoms with Gasteiger partial charge in [0, 0.05) is 24.2 Å². The van der Waals surface area contributed by atoms with Crippen molar-refractivity contribution in [2.75, 3.05) is 39.8 Å². The maximum absolute atomic E-state index is 11.6. The fourth-order valence-electron chi connectivity index (χ4n) is 5.02. The predicted octanol–water partition coefficient (Wildman–Crippen LogP) is 2.08. The van der Waals surface area contributed by atoms with Crippen LogP contribution >= 0.6 is 0 Å². The average molecular weight is 457 g/mol. The quantitative estimate of drug-likeness (QED) is 0.657. The van der Waals surface area contributed by atoms with E-state index in [0.717, 1.165) is 81.1 Å². The Morgan fingerprint density at radius 2 is 1.94 bits per heavy atom. The Hall–Kier alpha value is -2.68. The average Bonchev–Trinajstić information content (AvgIpc) is 3.47. The zero-order valence-corrected chi connectivity index (χ0v) is 20.1. The molecule has 2 aliphatic rings. The fourth-order valence-corrected chi connectivity index (χ4v) is 5.02. The van der Waals surface area contributed by atoms with Crippen LogP contribution in [0.25, 0.3) is 18.6 Å². The van der Waals surface area contributed by atoms with Gasteiger partial charge in [0.25, 0.3) is 5.95 Å². The number of amides is 1. The molecule has 2 fully saturated rings. The van der Waals surface area contributed by atoms with Crippen molar-refractivity contribution in [2.24, 2.45) is 5.92 Å². The zero-order chi connectivity index (χ0) is 23.4. The summed E-state index contributed by atoms with van der Waals surface area (Å²) in [5.41, 5.74) is 0.957. The number of piperidine rings is 2. The molecule has 0 radical (unpaired) electrons. The summed E-state index contributed by atoms with van der Waals surface area (Å²) in [5, 5.41) is 10.7. The van der Waals surface area contributed by atoms with Gasteiger partial charge < -0.3 is 19.1 Å². The van der Waals surface area contributed by atoms with Crippen LogP contribution in [0, 0.1) is 5.92 Å². The number of hydrogen-bond acceptors (Lipinski definition) is 7. The molecular weight excluding hydrogens is 420 g/mol. The van der Waals surface area contributed by atoms with Crippen molar-refractivity contribution in [3.05, 3.63) is 22.2 Å². The van der Waals surface area contributed by atoms with E-state index in [2.05, 4.69) is 33.6 Å². The number of carbonyl (C=O) groups excluding carboxylic acids is 1. The highest BCUT2D eigenvalue weighted by Crippen LogP contribution is 2.28. The summed E-state index contributed by atoms with van der Waals surface area (Å²) in [5.74, 6) is 2.18. The SMILES string of the molecule is C=c1c(CC)nn(-c2noc(C3CCN(CCC4CCN(C(=O)OC)CC4)CC3)n2)c1=CC. The summed E-state index contributed by atoms with van der Waals surface area (Å²) in [4.78, 5) is 20.7. The minimum absolute atomic E-state index is 0.200. The molecule has 0 aromatic carbocycles. The molecule has 4 heterocycles. The number of carbonyl (C=O) groups is 1. The van der Waals surface area contributed by atoms with Crippen LogP contribution in [-0.4, -0.2) is 75.6 Å². The third kappa shape index (κ3) is 5.13. The van der Waals surface area contributed by atoms with Crippen LogP contribution < -0.4 is 10.6 Å². The van der Waals surface area contributed by atoms with Gasteiger partial charge in [-0.25, -0.2) is 4.79 Å².